The summed E-state index contributed by atoms with van der Waals surface area (Å²) in [6.07, 6.45) is 0.110. The molecule has 0 radical (unpaired) electrons. The molecule has 1 rings (SSSR count). The van der Waals surface area contributed by atoms with Crippen LogP contribution >= 0.6 is 0 Å². The third-order valence-corrected chi connectivity index (χ3v) is 2.50. The molecule has 0 aromatic heterocycles. The highest BCUT2D eigenvalue weighted by atomic mass is 16.5. The highest BCUT2D eigenvalue weighted by Gasteiger charge is 2.10. The first kappa shape index (κ1) is 13.5. The molecule has 0 saturated heterocycles. The van der Waals surface area contributed by atoms with Crippen LogP contribution in [0.25, 0.3) is 0 Å². The quantitative estimate of drug-likeness (QED) is 0.791. The fourth-order valence-electron chi connectivity index (χ4n) is 1.57. The van der Waals surface area contributed by atoms with E-state index in [2.05, 4.69) is 5.32 Å². The van der Waals surface area contributed by atoms with Gasteiger partial charge in [0.05, 0.1) is 13.2 Å². The summed E-state index contributed by atoms with van der Waals surface area (Å²) in [6.45, 7) is 2.49. The number of carbonyl (C=O) groups is 1. The molecule has 0 aliphatic heterocycles. The van der Waals surface area contributed by atoms with Crippen LogP contribution in [0.3, 0.4) is 0 Å². The van der Waals surface area contributed by atoms with Gasteiger partial charge in [0.25, 0.3) is 0 Å². The number of benzene rings is 1. The van der Waals surface area contributed by atoms with E-state index >= 15 is 0 Å². The minimum Gasteiger partial charge on any atom is -0.497 e. The normalized spacial score (nSPS) is 11.9. The second kappa shape index (κ2) is 6.91. The predicted molar refractivity (Wildman–Crippen MR) is 65.9 cm³/mol. The molecule has 1 aromatic rings. The molecule has 17 heavy (non-hydrogen) atoms. The van der Waals surface area contributed by atoms with Gasteiger partial charge in [-0.05, 0) is 31.0 Å². The van der Waals surface area contributed by atoms with E-state index in [1.54, 1.807) is 13.2 Å². The Labute approximate surface area is 102 Å². The van der Waals surface area contributed by atoms with Crippen LogP contribution in [0.4, 0.5) is 0 Å². The molecule has 0 bridgehead atoms. The average Bonchev–Trinajstić information content (AvgIpc) is 2.36. The molecule has 0 heterocycles. The number of aliphatic hydroxyl groups excluding tert-OH is 1. The summed E-state index contributed by atoms with van der Waals surface area (Å²) in [5, 5.41) is 12.6. The Hall–Kier alpha value is -1.55. The number of carbonyl (C=O) groups excluding carboxylic acids is 1. The third-order valence-electron chi connectivity index (χ3n) is 2.50. The zero-order chi connectivity index (χ0) is 12.7. The van der Waals surface area contributed by atoms with Crippen LogP contribution in [-0.2, 0) is 4.79 Å². The van der Waals surface area contributed by atoms with Crippen LogP contribution in [0.1, 0.15) is 31.4 Å². The summed E-state index contributed by atoms with van der Waals surface area (Å²) in [5.74, 6) is 0.675. The van der Waals surface area contributed by atoms with Gasteiger partial charge in [-0.2, -0.15) is 0 Å². The standard InChI is InChI=1S/C13H19NO3/c1-3-14-13(16)8-7-12(15)10-5-4-6-11(9-10)17-2/h4-6,9,12,15H,3,7-8H2,1-2H3,(H,14,16). The smallest absolute Gasteiger partial charge is 0.220 e. The van der Waals surface area contributed by atoms with Crippen LogP contribution in [0.2, 0.25) is 0 Å². The van der Waals surface area contributed by atoms with Gasteiger partial charge in [-0.1, -0.05) is 12.1 Å². The molecule has 0 aliphatic rings. The largest absolute Gasteiger partial charge is 0.497 e. The van der Waals surface area contributed by atoms with Crippen LogP contribution in [0, 0.1) is 0 Å². The Morgan fingerprint density at radius 2 is 2.29 bits per heavy atom. The Bertz CT molecular complexity index is 365. The van der Waals surface area contributed by atoms with E-state index in [1.165, 1.54) is 0 Å². The first-order valence-electron chi connectivity index (χ1n) is 5.76. The molecule has 4 heteroatoms. The maximum atomic E-state index is 11.3. The van der Waals surface area contributed by atoms with Crippen molar-refractivity contribution in [2.75, 3.05) is 13.7 Å². The molecule has 4 nitrogen and oxygen atoms in total. The van der Waals surface area contributed by atoms with E-state index in [4.69, 9.17) is 4.74 Å². The molecular formula is C13H19NO3. The Balaban J connectivity index is 2.51. The number of amides is 1. The van der Waals surface area contributed by atoms with E-state index in [9.17, 15) is 9.90 Å². The molecule has 0 spiro atoms. The van der Waals surface area contributed by atoms with Crippen molar-refractivity contribution in [1.29, 1.82) is 0 Å². The van der Waals surface area contributed by atoms with E-state index in [1.807, 2.05) is 25.1 Å². The van der Waals surface area contributed by atoms with Crippen molar-refractivity contribution in [3.8, 4) is 5.75 Å². The number of nitrogens with one attached hydrogen (secondary N) is 1. The van der Waals surface area contributed by atoms with Gasteiger partial charge < -0.3 is 15.2 Å². The summed E-state index contributed by atoms with van der Waals surface area (Å²) < 4.78 is 5.08. The lowest BCUT2D eigenvalue weighted by Crippen LogP contribution is -2.22. The minimum atomic E-state index is -0.632. The van der Waals surface area contributed by atoms with E-state index in [0.29, 0.717) is 25.1 Å². The zero-order valence-electron chi connectivity index (χ0n) is 10.3. The molecular weight excluding hydrogens is 218 g/mol. The minimum absolute atomic E-state index is 0.0329. The van der Waals surface area contributed by atoms with Gasteiger partial charge in [0.1, 0.15) is 5.75 Å². The second-order valence-electron chi connectivity index (χ2n) is 3.78. The number of methoxy groups -OCH3 is 1. The first-order valence-corrected chi connectivity index (χ1v) is 5.76. The number of rotatable bonds is 6. The van der Waals surface area contributed by atoms with Gasteiger partial charge in [0, 0.05) is 13.0 Å². The monoisotopic (exact) mass is 237 g/mol. The highest BCUT2D eigenvalue weighted by molar-refractivity contribution is 5.75. The third kappa shape index (κ3) is 4.44. The maximum absolute atomic E-state index is 11.3. The van der Waals surface area contributed by atoms with Crippen molar-refractivity contribution >= 4 is 5.91 Å². The fourth-order valence-corrected chi connectivity index (χ4v) is 1.57. The van der Waals surface area contributed by atoms with Crippen molar-refractivity contribution in [2.45, 2.75) is 25.9 Å². The number of ether oxygens (including phenoxy) is 1. The van der Waals surface area contributed by atoms with Crippen molar-refractivity contribution in [3.05, 3.63) is 29.8 Å². The maximum Gasteiger partial charge on any atom is 0.220 e. The van der Waals surface area contributed by atoms with Crippen LogP contribution < -0.4 is 10.1 Å². The molecule has 2 N–H and O–H groups in total. The number of aliphatic hydroxyl groups is 1. The molecule has 1 atom stereocenters. The lowest BCUT2D eigenvalue weighted by molar-refractivity contribution is -0.121. The SMILES string of the molecule is CCNC(=O)CCC(O)c1cccc(OC)c1. The number of hydrogen-bond acceptors (Lipinski definition) is 3. The first-order chi connectivity index (χ1) is 8.17. The zero-order valence-corrected chi connectivity index (χ0v) is 10.3. The molecule has 1 amide bonds. The molecule has 0 aliphatic carbocycles. The molecule has 1 aromatic carbocycles. The Morgan fingerprint density at radius 3 is 2.94 bits per heavy atom. The van der Waals surface area contributed by atoms with Gasteiger partial charge >= 0.3 is 0 Å². The van der Waals surface area contributed by atoms with Crippen molar-refractivity contribution in [2.24, 2.45) is 0 Å². The van der Waals surface area contributed by atoms with Crippen LogP contribution in [0.15, 0.2) is 24.3 Å². The summed E-state index contributed by atoms with van der Waals surface area (Å²) in [5.41, 5.74) is 0.772. The Morgan fingerprint density at radius 1 is 1.53 bits per heavy atom. The Kier molecular flexibility index (Phi) is 5.49. The van der Waals surface area contributed by atoms with E-state index in [0.717, 1.165) is 5.56 Å². The molecule has 0 saturated carbocycles. The van der Waals surface area contributed by atoms with Crippen LogP contribution in [0.5, 0.6) is 5.75 Å². The predicted octanol–water partition coefficient (Wildman–Crippen LogP) is 1.64. The average molecular weight is 237 g/mol. The van der Waals surface area contributed by atoms with Gasteiger partial charge in [0.15, 0.2) is 0 Å². The van der Waals surface area contributed by atoms with Gasteiger partial charge in [0.2, 0.25) is 5.91 Å². The van der Waals surface area contributed by atoms with Gasteiger partial charge in [-0.3, -0.25) is 4.79 Å². The van der Waals surface area contributed by atoms with Gasteiger partial charge in [-0.25, -0.2) is 0 Å². The van der Waals surface area contributed by atoms with Gasteiger partial charge in [-0.15, -0.1) is 0 Å². The van der Waals surface area contributed by atoms with Crippen molar-refractivity contribution < 1.29 is 14.6 Å². The van der Waals surface area contributed by atoms with E-state index in [-0.39, 0.29) is 5.91 Å². The lowest BCUT2D eigenvalue weighted by atomic mass is 10.0. The second-order valence-corrected chi connectivity index (χ2v) is 3.78. The topological polar surface area (TPSA) is 58.6 Å². The summed E-state index contributed by atoms with van der Waals surface area (Å²) in [7, 11) is 1.58. The van der Waals surface area contributed by atoms with Crippen LogP contribution in [-0.4, -0.2) is 24.7 Å². The van der Waals surface area contributed by atoms with Crippen molar-refractivity contribution in [1.82, 2.24) is 5.32 Å². The number of hydrogen-bond donors (Lipinski definition) is 2. The summed E-state index contributed by atoms with van der Waals surface area (Å²) in [6, 6.07) is 7.25. The lowest BCUT2D eigenvalue weighted by Gasteiger charge is -2.11. The molecule has 0 fully saturated rings. The summed E-state index contributed by atoms with van der Waals surface area (Å²) >= 11 is 0. The van der Waals surface area contributed by atoms with Crippen molar-refractivity contribution in [3.63, 3.8) is 0 Å². The summed E-state index contributed by atoms with van der Waals surface area (Å²) in [4.78, 5) is 11.3. The fraction of sp³-hybridized carbons (Fsp3) is 0.462. The molecule has 94 valence electrons. The molecule has 1 unspecified atom stereocenters. The van der Waals surface area contributed by atoms with E-state index < -0.39 is 6.10 Å². The highest BCUT2D eigenvalue weighted by Crippen LogP contribution is 2.22.